The van der Waals surface area contributed by atoms with E-state index in [2.05, 4.69) is 11.5 Å². The van der Waals surface area contributed by atoms with Gasteiger partial charge >= 0.3 is 0 Å². The number of methoxy groups -OCH3 is 1. The number of aliphatic hydroxyl groups excluding tert-OH is 1. The number of allylic oxidation sites excluding steroid dienone is 1. The summed E-state index contributed by atoms with van der Waals surface area (Å²) in [7, 11) is 1.65. The zero-order valence-corrected chi connectivity index (χ0v) is 20.2. The van der Waals surface area contributed by atoms with Gasteiger partial charge in [-0.1, -0.05) is 24.3 Å². The summed E-state index contributed by atoms with van der Waals surface area (Å²) in [5.74, 6) is 2.92. The number of benzene rings is 2. The third-order valence-corrected chi connectivity index (χ3v) is 6.18. The van der Waals surface area contributed by atoms with Crippen molar-refractivity contribution >= 4 is 0 Å². The molecule has 6 nitrogen and oxygen atoms in total. The lowest BCUT2D eigenvalue weighted by molar-refractivity contribution is 0.0991. The molecule has 1 atom stereocenters. The zero-order chi connectivity index (χ0) is 23.9. The van der Waals surface area contributed by atoms with Crippen LogP contribution in [0.5, 0.6) is 17.4 Å². The number of rotatable bonds is 13. The summed E-state index contributed by atoms with van der Waals surface area (Å²) in [6, 6.07) is 17.6. The highest BCUT2D eigenvalue weighted by Crippen LogP contribution is 2.34. The highest BCUT2D eigenvalue weighted by atomic mass is 16.5. The molecule has 1 fully saturated rings. The van der Waals surface area contributed by atoms with Crippen molar-refractivity contribution < 1.29 is 14.6 Å². The van der Waals surface area contributed by atoms with Crippen LogP contribution in [0.4, 0.5) is 0 Å². The monoisotopic (exact) mass is 461 g/mol. The first kappa shape index (κ1) is 24.0. The number of hydrogen-bond acceptors (Lipinski definition) is 5. The second-order valence-corrected chi connectivity index (χ2v) is 9.05. The molecule has 1 aliphatic carbocycles. The van der Waals surface area contributed by atoms with Gasteiger partial charge in [0.25, 0.3) is 0 Å². The molecular weight excluding hydrogens is 426 g/mol. The largest absolute Gasteiger partial charge is 0.497 e. The molecule has 4 rings (SSSR count). The van der Waals surface area contributed by atoms with Crippen LogP contribution in [0.3, 0.4) is 0 Å². The van der Waals surface area contributed by atoms with Crippen LogP contribution in [0.2, 0.25) is 0 Å². The van der Waals surface area contributed by atoms with Crippen LogP contribution >= 0.6 is 0 Å². The van der Waals surface area contributed by atoms with Gasteiger partial charge in [-0.05, 0) is 74.9 Å². The molecule has 0 unspecified atom stereocenters. The van der Waals surface area contributed by atoms with E-state index in [0.29, 0.717) is 24.9 Å². The number of para-hydroxylation sites is 1. The van der Waals surface area contributed by atoms with Gasteiger partial charge in [0.05, 0.1) is 30.2 Å². The van der Waals surface area contributed by atoms with Crippen LogP contribution in [-0.4, -0.2) is 46.1 Å². The Labute approximate surface area is 202 Å². The van der Waals surface area contributed by atoms with E-state index < -0.39 is 0 Å². The van der Waals surface area contributed by atoms with E-state index in [1.807, 2.05) is 72.3 Å². The standard InChI is InChI=1S/C28H35N3O3/c1-4-5-11-24(32)19-30(18-22-12-13-22)20-27-21(2)29-31(23-9-7-6-8-10-23)28(27)34-26-16-14-25(33-3)15-17-26/h4,6-10,14-17,22,24,32H,1,5,11-13,18-20H2,2-3H3/t24-/m1/s1. The van der Waals surface area contributed by atoms with Crippen LogP contribution in [0.15, 0.2) is 67.3 Å². The van der Waals surface area contributed by atoms with E-state index in [0.717, 1.165) is 47.8 Å². The van der Waals surface area contributed by atoms with Gasteiger partial charge in [-0.2, -0.15) is 5.10 Å². The lowest BCUT2D eigenvalue weighted by atomic mass is 10.1. The first-order chi connectivity index (χ1) is 16.6. The van der Waals surface area contributed by atoms with Crippen molar-refractivity contribution in [3.8, 4) is 23.1 Å². The third kappa shape index (κ3) is 6.27. The van der Waals surface area contributed by atoms with Crippen molar-refractivity contribution in [1.29, 1.82) is 0 Å². The predicted octanol–water partition coefficient (Wildman–Crippen LogP) is 5.52. The fourth-order valence-corrected chi connectivity index (χ4v) is 4.12. The highest BCUT2D eigenvalue weighted by molar-refractivity contribution is 5.44. The fourth-order valence-electron chi connectivity index (χ4n) is 4.12. The summed E-state index contributed by atoms with van der Waals surface area (Å²) in [6.45, 7) is 8.09. The molecular formula is C28H35N3O3. The van der Waals surface area contributed by atoms with Gasteiger partial charge in [-0.3, -0.25) is 4.90 Å². The van der Waals surface area contributed by atoms with Crippen molar-refractivity contribution in [2.75, 3.05) is 20.2 Å². The molecule has 1 aromatic heterocycles. The summed E-state index contributed by atoms with van der Waals surface area (Å²) in [4.78, 5) is 2.35. The first-order valence-electron chi connectivity index (χ1n) is 12.0. The van der Waals surface area contributed by atoms with Gasteiger partial charge in [0.2, 0.25) is 5.88 Å². The van der Waals surface area contributed by atoms with E-state index in [9.17, 15) is 5.11 Å². The smallest absolute Gasteiger partial charge is 0.227 e. The van der Waals surface area contributed by atoms with Crippen LogP contribution < -0.4 is 9.47 Å². The Balaban J connectivity index is 1.65. The van der Waals surface area contributed by atoms with Crippen molar-refractivity contribution in [2.45, 2.75) is 45.3 Å². The molecule has 0 spiro atoms. The van der Waals surface area contributed by atoms with Crippen LogP contribution in [0, 0.1) is 12.8 Å². The highest BCUT2D eigenvalue weighted by Gasteiger charge is 2.28. The maximum absolute atomic E-state index is 10.6. The molecule has 2 aromatic carbocycles. The van der Waals surface area contributed by atoms with Crippen LogP contribution in [0.25, 0.3) is 5.69 Å². The Kier molecular flexibility index (Phi) is 8.03. The molecule has 0 bridgehead atoms. The summed E-state index contributed by atoms with van der Waals surface area (Å²) in [5.41, 5.74) is 2.91. The van der Waals surface area contributed by atoms with E-state index in [4.69, 9.17) is 14.6 Å². The first-order valence-corrected chi connectivity index (χ1v) is 12.0. The maximum Gasteiger partial charge on any atom is 0.227 e. The normalized spacial score (nSPS) is 14.2. The van der Waals surface area contributed by atoms with Crippen molar-refractivity contribution in [2.24, 2.45) is 5.92 Å². The van der Waals surface area contributed by atoms with Crippen LogP contribution in [-0.2, 0) is 6.54 Å². The molecule has 0 amide bonds. The minimum atomic E-state index is -0.382. The SMILES string of the molecule is C=CCC[C@@H](O)CN(Cc1c(C)nn(-c2ccccc2)c1Oc1ccc(OC)cc1)CC1CC1. The summed E-state index contributed by atoms with van der Waals surface area (Å²) in [5, 5.41) is 15.5. The quantitative estimate of drug-likeness (QED) is 0.340. The van der Waals surface area contributed by atoms with Gasteiger partial charge in [-0.25, -0.2) is 4.68 Å². The Morgan fingerprint density at radius 3 is 2.50 bits per heavy atom. The average Bonchev–Trinajstić information content (AvgIpc) is 3.63. The zero-order valence-electron chi connectivity index (χ0n) is 20.2. The fraction of sp³-hybridized carbons (Fsp3) is 0.393. The van der Waals surface area contributed by atoms with Gasteiger partial charge < -0.3 is 14.6 Å². The molecule has 0 saturated heterocycles. The topological polar surface area (TPSA) is 59.8 Å². The molecule has 0 radical (unpaired) electrons. The second kappa shape index (κ2) is 11.4. The molecule has 1 saturated carbocycles. The number of nitrogens with zero attached hydrogens (tertiary/aromatic N) is 3. The lowest BCUT2D eigenvalue weighted by Gasteiger charge is -2.25. The van der Waals surface area contributed by atoms with Gasteiger partial charge in [0.15, 0.2) is 0 Å². The van der Waals surface area contributed by atoms with Gasteiger partial charge in [0.1, 0.15) is 11.5 Å². The molecule has 1 heterocycles. The molecule has 1 aliphatic rings. The van der Waals surface area contributed by atoms with Crippen molar-refractivity contribution in [3.05, 3.63) is 78.5 Å². The molecule has 180 valence electrons. The number of aromatic nitrogens is 2. The van der Waals surface area contributed by atoms with Gasteiger partial charge in [0, 0.05) is 19.6 Å². The summed E-state index contributed by atoms with van der Waals surface area (Å²) < 4.78 is 13.6. The van der Waals surface area contributed by atoms with E-state index >= 15 is 0 Å². The molecule has 0 aliphatic heterocycles. The number of ether oxygens (including phenoxy) is 2. The van der Waals surface area contributed by atoms with E-state index in [1.54, 1.807) is 7.11 Å². The number of aliphatic hydroxyl groups is 1. The van der Waals surface area contributed by atoms with Gasteiger partial charge in [-0.15, -0.1) is 6.58 Å². The third-order valence-electron chi connectivity index (χ3n) is 6.18. The lowest BCUT2D eigenvalue weighted by Crippen LogP contribution is -2.34. The van der Waals surface area contributed by atoms with E-state index in [-0.39, 0.29) is 6.10 Å². The minimum absolute atomic E-state index is 0.382. The maximum atomic E-state index is 10.6. The predicted molar refractivity (Wildman–Crippen MR) is 135 cm³/mol. The van der Waals surface area contributed by atoms with Crippen molar-refractivity contribution in [1.82, 2.24) is 14.7 Å². The van der Waals surface area contributed by atoms with Crippen LogP contribution in [0.1, 0.15) is 36.9 Å². The molecule has 1 N–H and O–H groups in total. The Bertz CT molecular complexity index is 1060. The molecule has 3 aromatic rings. The van der Waals surface area contributed by atoms with E-state index in [1.165, 1.54) is 12.8 Å². The second-order valence-electron chi connectivity index (χ2n) is 9.05. The van der Waals surface area contributed by atoms with Crippen molar-refractivity contribution in [3.63, 3.8) is 0 Å². The molecule has 34 heavy (non-hydrogen) atoms. The minimum Gasteiger partial charge on any atom is -0.497 e. The average molecular weight is 462 g/mol. The Morgan fingerprint density at radius 2 is 1.85 bits per heavy atom. The number of hydrogen-bond donors (Lipinski definition) is 1. The Morgan fingerprint density at radius 1 is 1.15 bits per heavy atom. The summed E-state index contributed by atoms with van der Waals surface area (Å²) >= 11 is 0. The Hall–Kier alpha value is -3.09. The number of aryl methyl sites for hydroxylation is 1. The summed E-state index contributed by atoms with van der Waals surface area (Å²) in [6.07, 6.45) is 5.54. The molecule has 6 heteroatoms.